The third-order valence-electron chi connectivity index (χ3n) is 4.14. The Morgan fingerprint density at radius 2 is 2.00 bits per heavy atom. The third kappa shape index (κ3) is 5.98. The summed E-state index contributed by atoms with van der Waals surface area (Å²) in [7, 11) is 4.06. The highest BCUT2D eigenvalue weighted by Crippen LogP contribution is 2.21. The number of amides is 1. The summed E-state index contributed by atoms with van der Waals surface area (Å²) in [6, 6.07) is 12.3. The monoisotopic (exact) mass is 391 g/mol. The van der Waals surface area contributed by atoms with Crippen LogP contribution >= 0.6 is 0 Å². The Labute approximate surface area is 170 Å². The molecule has 150 valence electrons. The van der Waals surface area contributed by atoms with E-state index >= 15 is 0 Å². The highest BCUT2D eigenvalue weighted by atomic mass is 16.1. The molecule has 3 rings (SSSR count). The van der Waals surface area contributed by atoms with Crippen molar-refractivity contribution in [2.24, 2.45) is 0 Å². The number of nitrogen functional groups attached to an aromatic ring is 1. The summed E-state index contributed by atoms with van der Waals surface area (Å²) in [5.74, 6) is 0.570. The molecule has 0 aliphatic rings. The topological polar surface area (TPSA) is 109 Å². The fraction of sp³-hybridized carbons (Fsp3) is 0.238. The van der Waals surface area contributed by atoms with E-state index in [9.17, 15) is 4.79 Å². The van der Waals surface area contributed by atoms with Crippen LogP contribution in [0.3, 0.4) is 0 Å². The molecule has 2 aromatic heterocycles. The van der Waals surface area contributed by atoms with E-state index in [1.807, 2.05) is 26.2 Å². The Morgan fingerprint density at radius 3 is 2.72 bits per heavy atom. The van der Waals surface area contributed by atoms with E-state index in [2.05, 4.69) is 30.5 Å². The molecule has 3 aromatic rings. The van der Waals surface area contributed by atoms with Crippen LogP contribution in [0.1, 0.15) is 16.8 Å². The van der Waals surface area contributed by atoms with Gasteiger partial charge in [0.05, 0.1) is 5.69 Å². The van der Waals surface area contributed by atoms with Crippen molar-refractivity contribution in [3.63, 3.8) is 0 Å². The maximum absolute atomic E-state index is 12.6. The molecule has 0 atom stereocenters. The Morgan fingerprint density at radius 1 is 1.14 bits per heavy atom. The van der Waals surface area contributed by atoms with Crippen molar-refractivity contribution in [2.75, 3.05) is 43.6 Å². The molecule has 4 N–H and O–H groups in total. The molecule has 0 unspecified atom stereocenters. The number of carbonyl (C=O) groups is 1. The Balaban J connectivity index is 1.82. The lowest BCUT2D eigenvalue weighted by Gasteiger charge is -2.12. The van der Waals surface area contributed by atoms with Gasteiger partial charge in [0.25, 0.3) is 5.91 Å². The molecule has 8 nitrogen and oxygen atoms in total. The first kappa shape index (κ1) is 20.2. The normalized spacial score (nSPS) is 10.7. The summed E-state index contributed by atoms with van der Waals surface area (Å²) in [4.78, 5) is 27.9. The van der Waals surface area contributed by atoms with Crippen molar-refractivity contribution in [3.05, 3.63) is 60.4 Å². The smallest absolute Gasteiger partial charge is 0.256 e. The molecule has 0 radical (unpaired) electrons. The van der Waals surface area contributed by atoms with Gasteiger partial charge in [0, 0.05) is 41.8 Å². The van der Waals surface area contributed by atoms with Gasteiger partial charge in [-0.15, -0.1) is 0 Å². The van der Waals surface area contributed by atoms with Crippen LogP contribution in [-0.2, 0) is 0 Å². The molecule has 0 bridgehead atoms. The van der Waals surface area contributed by atoms with E-state index in [1.165, 1.54) is 0 Å². The SMILES string of the molecule is CN(C)CCCNc1nc(NC(=O)c2cccc(N)c2)cc(-c2cccnc2)n1. The number of benzene rings is 1. The van der Waals surface area contributed by atoms with Crippen LogP contribution in [0.25, 0.3) is 11.3 Å². The second-order valence-corrected chi connectivity index (χ2v) is 6.87. The zero-order valence-electron chi connectivity index (χ0n) is 16.6. The van der Waals surface area contributed by atoms with E-state index in [0.29, 0.717) is 28.7 Å². The first-order valence-electron chi connectivity index (χ1n) is 9.36. The van der Waals surface area contributed by atoms with Gasteiger partial charge in [-0.05, 0) is 57.4 Å². The molecule has 0 saturated heterocycles. The molecular weight excluding hydrogens is 366 g/mol. The summed E-state index contributed by atoms with van der Waals surface area (Å²) >= 11 is 0. The Kier molecular flexibility index (Phi) is 6.70. The second-order valence-electron chi connectivity index (χ2n) is 6.87. The fourth-order valence-corrected chi connectivity index (χ4v) is 2.72. The van der Waals surface area contributed by atoms with Gasteiger partial charge in [0.15, 0.2) is 0 Å². The van der Waals surface area contributed by atoms with E-state index < -0.39 is 0 Å². The van der Waals surface area contributed by atoms with Gasteiger partial charge in [-0.25, -0.2) is 4.98 Å². The van der Waals surface area contributed by atoms with Crippen molar-refractivity contribution < 1.29 is 4.79 Å². The van der Waals surface area contributed by atoms with Gasteiger partial charge in [-0.3, -0.25) is 9.78 Å². The molecule has 29 heavy (non-hydrogen) atoms. The first-order chi connectivity index (χ1) is 14.0. The molecule has 8 heteroatoms. The van der Waals surface area contributed by atoms with Crippen molar-refractivity contribution in [1.29, 1.82) is 0 Å². The largest absolute Gasteiger partial charge is 0.399 e. The van der Waals surface area contributed by atoms with Crippen LogP contribution in [0, 0.1) is 0 Å². The van der Waals surface area contributed by atoms with Gasteiger partial charge in [-0.1, -0.05) is 6.07 Å². The second kappa shape index (κ2) is 9.61. The number of anilines is 3. The zero-order chi connectivity index (χ0) is 20.6. The molecule has 1 amide bonds. The number of rotatable bonds is 8. The van der Waals surface area contributed by atoms with Crippen LogP contribution < -0.4 is 16.4 Å². The van der Waals surface area contributed by atoms with Crippen molar-refractivity contribution in [1.82, 2.24) is 19.9 Å². The van der Waals surface area contributed by atoms with Crippen molar-refractivity contribution >= 4 is 23.4 Å². The molecule has 2 heterocycles. The van der Waals surface area contributed by atoms with Crippen molar-refractivity contribution in [3.8, 4) is 11.3 Å². The molecular formula is C21H25N7O. The number of hydrogen-bond acceptors (Lipinski definition) is 7. The molecule has 0 aliphatic heterocycles. The van der Waals surface area contributed by atoms with Crippen LogP contribution in [0.5, 0.6) is 0 Å². The maximum Gasteiger partial charge on any atom is 0.256 e. The minimum Gasteiger partial charge on any atom is -0.399 e. The predicted octanol–water partition coefficient (Wildman–Crippen LogP) is 2.74. The average Bonchev–Trinajstić information content (AvgIpc) is 2.71. The summed E-state index contributed by atoms with van der Waals surface area (Å²) in [5, 5.41) is 6.06. The van der Waals surface area contributed by atoms with Gasteiger partial charge in [0.1, 0.15) is 5.82 Å². The van der Waals surface area contributed by atoms with Crippen LogP contribution in [-0.4, -0.2) is 52.9 Å². The Bertz CT molecular complexity index is 960. The first-order valence-corrected chi connectivity index (χ1v) is 9.36. The standard InChI is InChI=1S/C21H25N7O/c1-28(2)11-5-10-24-21-25-18(16-7-4-9-23-14-16)13-19(27-21)26-20(29)15-6-3-8-17(22)12-15/h3-4,6-9,12-14H,5,10-11,22H2,1-2H3,(H2,24,25,26,27,29). The van der Waals surface area contributed by atoms with Crippen LogP contribution in [0.4, 0.5) is 17.5 Å². The van der Waals surface area contributed by atoms with E-state index in [0.717, 1.165) is 25.1 Å². The van der Waals surface area contributed by atoms with E-state index in [-0.39, 0.29) is 5.91 Å². The number of hydrogen-bond donors (Lipinski definition) is 3. The molecule has 0 aliphatic carbocycles. The minimum atomic E-state index is -0.285. The average molecular weight is 391 g/mol. The lowest BCUT2D eigenvalue weighted by Crippen LogP contribution is -2.18. The van der Waals surface area contributed by atoms with Gasteiger partial charge in [0.2, 0.25) is 5.95 Å². The fourth-order valence-electron chi connectivity index (χ4n) is 2.72. The van der Waals surface area contributed by atoms with Gasteiger partial charge >= 0.3 is 0 Å². The predicted molar refractivity (Wildman–Crippen MR) is 116 cm³/mol. The molecule has 0 spiro atoms. The number of pyridine rings is 1. The lowest BCUT2D eigenvalue weighted by atomic mass is 10.2. The highest BCUT2D eigenvalue weighted by molar-refractivity contribution is 6.04. The zero-order valence-corrected chi connectivity index (χ0v) is 16.6. The van der Waals surface area contributed by atoms with Crippen LogP contribution in [0.2, 0.25) is 0 Å². The number of carbonyl (C=O) groups excluding carboxylic acids is 1. The summed E-state index contributed by atoms with van der Waals surface area (Å²) < 4.78 is 0. The number of aromatic nitrogens is 3. The van der Waals surface area contributed by atoms with E-state index in [1.54, 1.807) is 42.7 Å². The Hall–Kier alpha value is -3.52. The third-order valence-corrected chi connectivity index (χ3v) is 4.14. The van der Waals surface area contributed by atoms with Gasteiger partial charge < -0.3 is 21.3 Å². The van der Waals surface area contributed by atoms with Crippen molar-refractivity contribution in [2.45, 2.75) is 6.42 Å². The quantitative estimate of drug-likeness (QED) is 0.400. The van der Waals surface area contributed by atoms with Crippen LogP contribution in [0.15, 0.2) is 54.9 Å². The van der Waals surface area contributed by atoms with E-state index in [4.69, 9.17) is 5.73 Å². The molecule has 0 fully saturated rings. The lowest BCUT2D eigenvalue weighted by molar-refractivity contribution is 0.102. The number of nitrogens with one attached hydrogen (secondary N) is 2. The maximum atomic E-state index is 12.6. The molecule has 1 aromatic carbocycles. The number of nitrogens with two attached hydrogens (primary N) is 1. The summed E-state index contributed by atoms with van der Waals surface area (Å²) in [5.41, 5.74) is 8.28. The number of nitrogens with zero attached hydrogens (tertiary/aromatic N) is 4. The van der Waals surface area contributed by atoms with Gasteiger partial charge in [-0.2, -0.15) is 4.98 Å². The summed E-state index contributed by atoms with van der Waals surface area (Å²) in [6.07, 6.45) is 4.37. The summed E-state index contributed by atoms with van der Waals surface area (Å²) in [6.45, 7) is 1.67. The minimum absolute atomic E-state index is 0.285. The highest BCUT2D eigenvalue weighted by Gasteiger charge is 2.11. The molecule has 0 saturated carbocycles.